The number of nitrogens with one attached hydrogen (secondary N) is 1. The molecule has 2 aliphatic carbocycles. The van der Waals surface area contributed by atoms with Crippen molar-refractivity contribution in [3.8, 4) is 0 Å². The maximum Gasteiger partial charge on any atom is 0.116 e. The molecule has 0 aromatic carbocycles. The maximum absolute atomic E-state index is 8.81. The molecule has 0 radical (unpaired) electrons. The number of aldehydes is 1. The molecule has 3 unspecified atom stereocenters. The first-order chi connectivity index (χ1) is 10.2. The highest BCUT2D eigenvalue weighted by molar-refractivity contribution is 5.44. The summed E-state index contributed by atoms with van der Waals surface area (Å²) in [5.74, 6) is 2.22. The zero-order valence-corrected chi connectivity index (χ0v) is 15.4. The van der Waals surface area contributed by atoms with Crippen LogP contribution in [-0.4, -0.2) is 18.9 Å². The molecule has 3 atom stereocenters. The predicted octanol–water partition coefficient (Wildman–Crippen LogP) is 5.21. The number of hydrogen-bond donors (Lipinski definition) is 1. The highest BCUT2D eigenvalue weighted by Crippen LogP contribution is 2.63. The van der Waals surface area contributed by atoms with Gasteiger partial charge in [0.2, 0.25) is 0 Å². The molecule has 0 bridgehead atoms. The first-order valence-electron chi connectivity index (χ1n) is 9.35. The van der Waals surface area contributed by atoms with Crippen molar-refractivity contribution in [3.63, 3.8) is 0 Å². The Morgan fingerprint density at radius 2 is 1.52 bits per heavy atom. The van der Waals surface area contributed by atoms with Gasteiger partial charge in [0.15, 0.2) is 0 Å². The summed E-state index contributed by atoms with van der Waals surface area (Å²) in [5, 5.41) is 3.64. The second-order valence-corrected chi connectivity index (χ2v) is 6.29. The summed E-state index contributed by atoms with van der Waals surface area (Å²) in [6.07, 6.45) is 11.4. The second-order valence-electron chi connectivity index (χ2n) is 6.29. The van der Waals surface area contributed by atoms with Gasteiger partial charge in [0, 0.05) is 12.6 Å². The van der Waals surface area contributed by atoms with Gasteiger partial charge in [-0.25, -0.2) is 0 Å². The lowest BCUT2D eigenvalue weighted by atomic mass is 9.82. The molecule has 21 heavy (non-hydrogen) atoms. The van der Waals surface area contributed by atoms with E-state index in [1.807, 2.05) is 27.7 Å². The molecule has 3 fully saturated rings. The van der Waals surface area contributed by atoms with Gasteiger partial charge in [0.1, 0.15) is 6.29 Å². The Balaban J connectivity index is 0.000000500. The molecule has 0 aromatic heterocycles. The lowest BCUT2D eigenvalue weighted by Crippen LogP contribution is -2.18. The van der Waals surface area contributed by atoms with Gasteiger partial charge in [-0.1, -0.05) is 59.8 Å². The minimum Gasteiger partial charge on any atom is -0.314 e. The largest absolute Gasteiger partial charge is 0.314 e. The van der Waals surface area contributed by atoms with Crippen LogP contribution in [0.3, 0.4) is 0 Å². The van der Waals surface area contributed by atoms with Crippen LogP contribution in [0.15, 0.2) is 0 Å². The quantitative estimate of drug-likeness (QED) is 0.673. The van der Waals surface area contributed by atoms with Crippen molar-refractivity contribution in [1.82, 2.24) is 5.32 Å². The third kappa shape index (κ3) is 6.10. The molecule has 1 heterocycles. The Bertz CT molecular complexity index is 260. The molecule has 2 nitrogen and oxygen atoms in total. The lowest BCUT2D eigenvalue weighted by Gasteiger charge is -2.23. The van der Waals surface area contributed by atoms with Crippen LogP contribution in [0.2, 0.25) is 0 Å². The highest BCUT2D eigenvalue weighted by Gasteiger charge is 2.59. The molecule has 1 aliphatic heterocycles. The summed E-state index contributed by atoms with van der Waals surface area (Å²) < 4.78 is 0. The van der Waals surface area contributed by atoms with Gasteiger partial charge in [0.25, 0.3) is 0 Å². The lowest BCUT2D eigenvalue weighted by molar-refractivity contribution is -0.106. The Kier molecular flexibility index (Phi) is 11.0. The maximum atomic E-state index is 8.81. The minimum absolute atomic E-state index is 0.750. The van der Waals surface area contributed by atoms with E-state index in [9.17, 15) is 0 Å². The van der Waals surface area contributed by atoms with Crippen LogP contribution >= 0.6 is 0 Å². The van der Waals surface area contributed by atoms with Crippen molar-refractivity contribution in [1.29, 1.82) is 0 Å². The fourth-order valence-electron chi connectivity index (χ4n) is 4.15. The van der Waals surface area contributed by atoms with E-state index in [0.717, 1.165) is 29.6 Å². The molecule has 3 rings (SSSR count). The molecule has 1 spiro atoms. The van der Waals surface area contributed by atoms with Crippen LogP contribution in [0.4, 0.5) is 0 Å². The topological polar surface area (TPSA) is 29.1 Å². The first-order valence-corrected chi connectivity index (χ1v) is 9.35. The fourth-order valence-corrected chi connectivity index (χ4v) is 4.15. The zero-order valence-electron chi connectivity index (χ0n) is 15.4. The molecular weight excluding hydrogens is 258 g/mol. The molecule has 0 amide bonds. The Hall–Kier alpha value is -0.370. The van der Waals surface area contributed by atoms with Crippen molar-refractivity contribution in [2.45, 2.75) is 92.5 Å². The Labute approximate surface area is 133 Å². The van der Waals surface area contributed by atoms with Gasteiger partial charge in [-0.05, 0) is 43.9 Å². The summed E-state index contributed by atoms with van der Waals surface area (Å²) in [6, 6.07) is 0.795. The van der Waals surface area contributed by atoms with Gasteiger partial charge in [-0.15, -0.1) is 0 Å². The van der Waals surface area contributed by atoms with E-state index in [2.05, 4.69) is 12.2 Å². The normalized spacial score (nSPS) is 33.6. The summed E-state index contributed by atoms with van der Waals surface area (Å²) in [5.41, 5.74) is 0.779. The van der Waals surface area contributed by atoms with Crippen LogP contribution < -0.4 is 5.32 Å². The van der Waals surface area contributed by atoms with Crippen molar-refractivity contribution in [3.05, 3.63) is 0 Å². The van der Waals surface area contributed by atoms with Gasteiger partial charge in [-0.3, -0.25) is 0 Å². The Morgan fingerprint density at radius 3 is 1.95 bits per heavy atom. The third-order valence-electron chi connectivity index (χ3n) is 4.99. The molecule has 126 valence electrons. The van der Waals surface area contributed by atoms with Crippen LogP contribution in [0, 0.1) is 17.3 Å². The molecule has 3 aliphatic rings. The zero-order chi connectivity index (χ0) is 16.3. The molecule has 2 heteroatoms. The van der Waals surface area contributed by atoms with Crippen molar-refractivity contribution >= 4 is 6.29 Å². The van der Waals surface area contributed by atoms with E-state index >= 15 is 0 Å². The predicted molar refractivity (Wildman–Crippen MR) is 93.6 cm³/mol. The summed E-state index contributed by atoms with van der Waals surface area (Å²) in [4.78, 5) is 8.81. The van der Waals surface area contributed by atoms with Crippen LogP contribution in [0.5, 0.6) is 0 Å². The van der Waals surface area contributed by atoms with Gasteiger partial charge >= 0.3 is 0 Å². The standard InChI is InChI=1S/C13H23N.C2H4O.2C2H6/c1-10-7-13(9-14-10)8-12(13)11-5-3-2-4-6-11;1-2-3;2*1-2/h10-12,14H,2-9H2,1H3;2H,1H3;2*1-2H3. The van der Waals surface area contributed by atoms with Crippen molar-refractivity contribution in [2.75, 3.05) is 6.54 Å². The van der Waals surface area contributed by atoms with Crippen LogP contribution in [0.25, 0.3) is 0 Å². The molecular formula is C19H39NO. The Morgan fingerprint density at radius 1 is 1.00 bits per heavy atom. The average molecular weight is 298 g/mol. The van der Waals surface area contributed by atoms with Crippen molar-refractivity contribution < 1.29 is 4.79 Å². The molecule has 1 saturated heterocycles. The van der Waals surface area contributed by atoms with Crippen LogP contribution in [0.1, 0.15) is 86.5 Å². The molecule has 2 saturated carbocycles. The van der Waals surface area contributed by atoms with Crippen molar-refractivity contribution in [2.24, 2.45) is 17.3 Å². The highest BCUT2D eigenvalue weighted by atomic mass is 16.1. The second kappa shape index (κ2) is 11.2. The number of rotatable bonds is 1. The van der Waals surface area contributed by atoms with E-state index in [0.29, 0.717) is 0 Å². The number of carbonyl (C=O) groups is 1. The first kappa shape index (κ1) is 20.6. The van der Waals surface area contributed by atoms with Gasteiger partial charge in [0.05, 0.1) is 0 Å². The van der Waals surface area contributed by atoms with E-state index in [1.54, 1.807) is 19.3 Å². The van der Waals surface area contributed by atoms with Crippen LogP contribution in [-0.2, 0) is 4.79 Å². The average Bonchev–Trinajstić information content (AvgIpc) is 3.12. The van der Waals surface area contributed by atoms with Gasteiger partial charge < -0.3 is 10.1 Å². The van der Waals surface area contributed by atoms with E-state index < -0.39 is 0 Å². The van der Waals surface area contributed by atoms with E-state index in [1.165, 1.54) is 39.2 Å². The minimum atomic E-state index is 0.750. The number of hydrogen-bond acceptors (Lipinski definition) is 2. The number of carbonyl (C=O) groups excluding carboxylic acids is 1. The monoisotopic (exact) mass is 297 g/mol. The van der Waals surface area contributed by atoms with E-state index in [-0.39, 0.29) is 0 Å². The molecule has 0 aromatic rings. The summed E-state index contributed by atoms with van der Waals surface area (Å²) >= 11 is 0. The smallest absolute Gasteiger partial charge is 0.116 e. The summed E-state index contributed by atoms with van der Waals surface area (Å²) in [7, 11) is 0. The summed E-state index contributed by atoms with van der Waals surface area (Å²) in [6.45, 7) is 13.1. The third-order valence-corrected chi connectivity index (χ3v) is 4.99. The van der Waals surface area contributed by atoms with E-state index in [4.69, 9.17) is 4.79 Å². The SMILES string of the molecule is CC.CC.CC1CC2(CN1)CC2C1CCCCC1.CC=O. The van der Waals surface area contributed by atoms with Gasteiger partial charge in [-0.2, -0.15) is 0 Å². The fraction of sp³-hybridized carbons (Fsp3) is 0.947. The molecule has 1 N–H and O–H groups in total.